The lowest BCUT2D eigenvalue weighted by atomic mass is 9.90. The smallest absolute Gasteiger partial charge is 0.272 e. The third-order valence-electron chi connectivity index (χ3n) is 12.1. The van der Waals surface area contributed by atoms with Crippen LogP contribution >= 0.6 is 0 Å². The van der Waals surface area contributed by atoms with Gasteiger partial charge in [-0.1, -0.05) is 62.3 Å². The van der Waals surface area contributed by atoms with Crippen LogP contribution in [-0.4, -0.2) is 109 Å². The molecule has 18 nitrogen and oxygen atoms in total. The minimum Gasteiger partial charge on any atom is -0.399 e. The van der Waals surface area contributed by atoms with Gasteiger partial charge in [0, 0.05) is 92.2 Å². The Hall–Kier alpha value is -9.03. The molecule has 8 aromatic rings. The number of nitrogens with two attached hydrogens (primary N) is 2. The number of nitrogen functional groups attached to an aromatic ring is 2. The van der Waals surface area contributed by atoms with Crippen LogP contribution in [0.25, 0.3) is 51.2 Å². The predicted octanol–water partition coefficient (Wildman–Crippen LogP) is 10.7. The van der Waals surface area contributed by atoms with Gasteiger partial charge in [0.05, 0.1) is 11.7 Å². The van der Waals surface area contributed by atoms with E-state index in [0.717, 1.165) is 56.6 Å². The highest BCUT2D eigenvalue weighted by molar-refractivity contribution is 6.07. The highest BCUT2D eigenvalue weighted by Crippen LogP contribution is 2.24. The molecule has 0 atom stereocenters. The average molecular weight is 1060 g/mol. The summed E-state index contributed by atoms with van der Waals surface area (Å²) in [6.07, 6.45) is 11.6. The first-order chi connectivity index (χ1) is 36.5. The zero-order valence-corrected chi connectivity index (χ0v) is 46.5. The lowest BCUT2D eigenvalue weighted by molar-refractivity contribution is -0.122. The molecule has 0 saturated carbocycles. The molecular weight excluding hydrogens is 985 g/mol. The number of allylic oxidation sites excluding steroid dienone is 3. The molecule has 3 amide bonds. The molecular formula is C60H72N12O6. The Morgan fingerprint density at radius 1 is 0.526 bits per heavy atom. The number of anilines is 4. The van der Waals surface area contributed by atoms with Crippen molar-refractivity contribution in [2.24, 2.45) is 16.2 Å². The normalized spacial score (nSPS) is 12.1. The van der Waals surface area contributed by atoms with E-state index in [4.69, 9.17) is 11.5 Å². The lowest BCUT2D eigenvalue weighted by Crippen LogP contribution is -2.33. The van der Waals surface area contributed by atoms with Crippen molar-refractivity contribution in [1.82, 2.24) is 39.7 Å². The maximum atomic E-state index is 12.4. The van der Waals surface area contributed by atoms with Gasteiger partial charge in [0.15, 0.2) is 17.3 Å². The van der Waals surface area contributed by atoms with Crippen LogP contribution < -0.4 is 22.1 Å². The maximum Gasteiger partial charge on any atom is 0.272 e. The van der Waals surface area contributed by atoms with Crippen molar-refractivity contribution in [2.75, 3.05) is 56.3 Å². The van der Waals surface area contributed by atoms with Crippen LogP contribution in [0, 0.1) is 16.2 Å². The van der Waals surface area contributed by atoms with E-state index < -0.39 is 10.8 Å². The summed E-state index contributed by atoms with van der Waals surface area (Å²) >= 11 is 0. The Labute approximate surface area is 454 Å². The fraction of sp³-hybridized carbons (Fsp3) is 0.283. The number of nitrogens with zero attached hydrogens (tertiary/aromatic N) is 3. The van der Waals surface area contributed by atoms with E-state index in [-0.39, 0.29) is 40.5 Å². The van der Waals surface area contributed by atoms with Gasteiger partial charge < -0.3 is 56.8 Å². The summed E-state index contributed by atoms with van der Waals surface area (Å²) in [7, 11) is 5.76. The van der Waals surface area contributed by atoms with E-state index in [9.17, 15) is 28.8 Å². The molecule has 78 heavy (non-hydrogen) atoms. The van der Waals surface area contributed by atoms with Crippen molar-refractivity contribution in [3.05, 3.63) is 143 Å². The molecule has 2 aromatic carbocycles. The Bertz CT molecular complexity index is 3480. The number of hydrogen-bond acceptors (Lipinski definition) is 10. The van der Waals surface area contributed by atoms with Crippen LogP contribution in [-0.2, 0) is 14.4 Å². The van der Waals surface area contributed by atoms with Crippen LogP contribution in [0.15, 0.2) is 109 Å². The largest absolute Gasteiger partial charge is 0.399 e. The van der Waals surface area contributed by atoms with Crippen molar-refractivity contribution in [3.63, 3.8) is 0 Å². The van der Waals surface area contributed by atoms with Crippen LogP contribution in [0.5, 0.6) is 0 Å². The highest BCUT2D eigenvalue weighted by Gasteiger charge is 2.21. The number of rotatable bonds is 14. The van der Waals surface area contributed by atoms with E-state index in [1.165, 1.54) is 0 Å². The molecule has 6 heterocycles. The van der Waals surface area contributed by atoms with Crippen molar-refractivity contribution in [1.29, 1.82) is 0 Å². The van der Waals surface area contributed by atoms with Crippen LogP contribution in [0.3, 0.4) is 0 Å². The molecule has 11 N–H and O–H groups in total. The summed E-state index contributed by atoms with van der Waals surface area (Å²) in [5.74, 6) is 0.0999. The fourth-order valence-corrected chi connectivity index (χ4v) is 7.19. The number of aromatic amines is 5. The highest BCUT2D eigenvalue weighted by atomic mass is 16.2. The zero-order chi connectivity index (χ0) is 57.3. The Kier molecular flexibility index (Phi) is 18.2. The Morgan fingerprint density at radius 2 is 0.974 bits per heavy atom. The standard InChI is InChI=1S/C21H22N4O2.C20H22N4O2.C19H28N4O2/c1-21(2,3)18(26)9-8-16-10-14-11-19(23-12-17(14)24-16)25-20(27)13-4-6-15(22)7-5-13;1-20(2,3)17(25)9-8-15-10-12-11-16(24-18(12)22-15)19(26)23-14-6-4-13(21)5-7-14;1-19(2,3)16(24)8-7-14-11-13-12-15(21-17(13)20-14)18(25)23(6)10-9-22(4)5/h4-12,24H,22H2,1-3H3,(H,23,25,27);4-11,22,24H,21H2,1-3H3,(H,23,26);7-8,11-12,20-21H,9-10H2,1-6H3/b2*9-8+;8-7+. The second-order valence-electron chi connectivity index (χ2n) is 22.4. The summed E-state index contributed by atoms with van der Waals surface area (Å²) in [5, 5.41) is 8.26. The molecule has 0 aliphatic carbocycles. The quantitative estimate of drug-likeness (QED) is 0.0367. The number of likely N-dealkylation sites (N-methyl/N-ethyl adjacent to an activating group) is 2. The number of benzene rings is 2. The Balaban J connectivity index is 0.000000189. The summed E-state index contributed by atoms with van der Waals surface area (Å²) in [6.45, 7) is 18.4. The van der Waals surface area contributed by atoms with Crippen molar-refractivity contribution in [3.8, 4) is 0 Å². The number of pyridine rings is 1. The number of H-pyrrole nitrogens is 5. The van der Waals surface area contributed by atoms with E-state index in [1.807, 2.05) is 106 Å². The second-order valence-corrected chi connectivity index (χ2v) is 22.4. The molecule has 0 unspecified atom stereocenters. The van der Waals surface area contributed by atoms with Crippen LogP contribution in [0.2, 0.25) is 0 Å². The first-order valence-corrected chi connectivity index (χ1v) is 25.4. The van der Waals surface area contributed by atoms with Gasteiger partial charge in [-0.25, -0.2) is 4.98 Å². The van der Waals surface area contributed by atoms with Gasteiger partial charge in [0.2, 0.25) is 0 Å². The van der Waals surface area contributed by atoms with Gasteiger partial charge in [-0.2, -0.15) is 0 Å². The summed E-state index contributed by atoms with van der Waals surface area (Å²) in [6, 6.07) is 24.7. The third kappa shape index (κ3) is 16.2. The molecule has 6 aromatic heterocycles. The number of fused-ring (bicyclic) bond motifs is 3. The minimum absolute atomic E-state index is 0.0357. The minimum atomic E-state index is -0.413. The summed E-state index contributed by atoms with van der Waals surface area (Å²) in [5.41, 5.74) is 18.3. The molecule has 0 spiro atoms. The molecule has 0 aliphatic rings. The van der Waals surface area contributed by atoms with Gasteiger partial charge in [-0.15, -0.1) is 0 Å². The molecule has 18 heteroatoms. The van der Waals surface area contributed by atoms with Crippen LogP contribution in [0.1, 0.15) is 111 Å². The summed E-state index contributed by atoms with van der Waals surface area (Å²) in [4.78, 5) is 96.7. The average Bonchev–Trinajstić information content (AvgIpc) is 4.25. The van der Waals surface area contributed by atoms with Gasteiger partial charge >= 0.3 is 0 Å². The third-order valence-corrected chi connectivity index (χ3v) is 12.1. The molecule has 0 radical (unpaired) electrons. The number of nitrogens with one attached hydrogen (secondary N) is 7. The molecule has 0 fully saturated rings. The Morgan fingerprint density at radius 3 is 1.45 bits per heavy atom. The van der Waals surface area contributed by atoms with Gasteiger partial charge in [-0.3, -0.25) is 28.8 Å². The second kappa shape index (κ2) is 24.3. The number of ketones is 3. The monoisotopic (exact) mass is 1060 g/mol. The van der Waals surface area contributed by atoms with E-state index >= 15 is 0 Å². The number of aromatic nitrogens is 6. The predicted molar refractivity (Wildman–Crippen MR) is 315 cm³/mol. The molecule has 8 rings (SSSR count). The van der Waals surface area contributed by atoms with Crippen LogP contribution in [0.4, 0.5) is 22.9 Å². The first-order valence-electron chi connectivity index (χ1n) is 25.4. The van der Waals surface area contributed by atoms with Gasteiger partial charge in [-0.05, 0) is 135 Å². The first kappa shape index (κ1) is 58.2. The SMILES string of the molecule is CC(C)(C)C(=O)/C=C/c1cc2cc(C(=O)Nc3ccc(N)cc3)[nH]c2[nH]1.CC(C)(C)C(=O)/C=C/c1cc2cc(NC(=O)c3ccc(N)cc3)ncc2[nH]1.CN(C)CCN(C)C(=O)c1cc2cc(/C=C/C(=O)C(C)(C)C)[nH]c2[nH]1. The molecule has 408 valence electrons. The van der Waals surface area contributed by atoms with Crippen molar-refractivity contribution in [2.45, 2.75) is 62.3 Å². The van der Waals surface area contributed by atoms with Gasteiger partial charge in [0.1, 0.15) is 28.5 Å². The van der Waals surface area contributed by atoms with Gasteiger partial charge in [0.25, 0.3) is 17.7 Å². The topological polar surface area (TPSA) is 277 Å². The molecule has 0 aliphatic heterocycles. The number of carbonyl (C=O) groups excluding carboxylic acids is 6. The van der Waals surface area contributed by atoms with E-state index in [1.54, 1.807) is 115 Å². The lowest BCUT2D eigenvalue weighted by Gasteiger charge is -2.18. The number of amides is 3. The maximum absolute atomic E-state index is 12.4. The van der Waals surface area contributed by atoms with Crippen molar-refractivity contribution < 1.29 is 28.8 Å². The van der Waals surface area contributed by atoms with Crippen molar-refractivity contribution >= 4 is 109 Å². The summed E-state index contributed by atoms with van der Waals surface area (Å²) < 4.78 is 0. The fourth-order valence-electron chi connectivity index (χ4n) is 7.19. The van der Waals surface area contributed by atoms with E-state index in [2.05, 4.69) is 40.5 Å². The zero-order valence-electron chi connectivity index (χ0n) is 46.5. The van der Waals surface area contributed by atoms with E-state index in [0.29, 0.717) is 46.4 Å². The number of carbonyl (C=O) groups is 6. The number of hydrogen-bond donors (Lipinski definition) is 9. The molecule has 0 bridgehead atoms. The molecule has 0 saturated heterocycles.